The highest BCUT2D eigenvalue weighted by atomic mass is 16.3. The molecule has 27 heavy (non-hydrogen) atoms. The maximum absolute atomic E-state index is 12.4. The van der Waals surface area contributed by atoms with Crippen LogP contribution in [0.1, 0.15) is 55.5 Å². The van der Waals surface area contributed by atoms with E-state index in [1.54, 1.807) is 19.9 Å². The molecule has 0 radical (unpaired) electrons. The number of hydrogen-bond donors (Lipinski definition) is 2. The van der Waals surface area contributed by atoms with Crippen LogP contribution in [0.4, 0.5) is 0 Å². The average molecular weight is 369 g/mol. The molecule has 8 heteroatoms. The number of furan rings is 1. The van der Waals surface area contributed by atoms with Crippen molar-refractivity contribution in [2.75, 3.05) is 13.1 Å². The Kier molecular flexibility index (Phi) is 5.07. The molecule has 1 aromatic carbocycles. The molecule has 0 aliphatic carbocycles. The van der Waals surface area contributed by atoms with Crippen molar-refractivity contribution in [2.45, 2.75) is 19.9 Å². The van der Waals surface area contributed by atoms with E-state index in [-0.39, 0.29) is 47.8 Å². The molecule has 4 amide bonds. The number of carbonyl (C=O) groups is 4. The SMILES string of the molecule is CC(C)N1C(=O)c2ccc(C(=O)NCCNC(=O)c3ccco3)cc2C1=O. The zero-order chi connectivity index (χ0) is 19.6. The first-order chi connectivity index (χ1) is 12.9. The molecule has 1 aromatic heterocycles. The molecule has 0 fully saturated rings. The van der Waals surface area contributed by atoms with E-state index in [0.29, 0.717) is 5.56 Å². The number of fused-ring (bicyclic) bond motifs is 1. The lowest BCUT2D eigenvalue weighted by atomic mass is 10.1. The summed E-state index contributed by atoms with van der Waals surface area (Å²) in [6.45, 7) is 3.93. The van der Waals surface area contributed by atoms with Gasteiger partial charge in [0.05, 0.1) is 17.4 Å². The molecule has 140 valence electrons. The minimum atomic E-state index is -0.398. The smallest absolute Gasteiger partial charge is 0.287 e. The molecule has 3 rings (SSSR count). The first-order valence-electron chi connectivity index (χ1n) is 8.52. The number of imide groups is 1. The number of amides is 4. The zero-order valence-electron chi connectivity index (χ0n) is 14.9. The van der Waals surface area contributed by atoms with Crippen LogP contribution in [0, 0.1) is 0 Å². The lowest BCUT2D eigenvalue weighted by Gasteiger charge is -2.17. The van der Waals surface area contributed by atoms with Gasteiger partial charge in [-0.25, -0.2) is 0 Å². The summed E-state index contributed by atoms with van der Waals surface area (Å²) < 4.78 is 4.97. The lowest BCUT2D eigenvalue weighted by Crippen LogP contribution is -2.36. The number of rotatable bonds is 6. The second-order valence-electron chi connectivity index (χ2n) is 6.32. The van der Waals surface area contributed by atoms with Crippen molar-refractivity contribution in [1.82, 2.24) is 15.5 Å². The fraction of sp³-hybridized carbons (Fsp3) is 0.263. The Hall–Kier alpha value is -3.42. The van der Waals surface area contributed by atoms with Crippen LogP contribution in [0.25, 0.3) is 0 Å². The van der Waals surface area contributed by atoms with Crippen LogP contribution in [0.5, 0.6) is 0 Å². The van der Waals surface area contributed by atoms with Crippen LogP contribution >= 0.6 is 0 Å². The van der Waals surface area contributed by atoms with Gasteiger partial charge in [-0.05, 0) is 44.2 Å². The fourth-order valence-corrected chi connectivity index (χ4v) is 2.82. The summed E-state index contributed by atoms with van der Waals surface area (Å²) in [6, 6.07) is 7.31. The topological polar surface area (TPSA) is 109 Å². The minimum Gasteiger partial charge on any atom is -0.459 e. The Labute approximate surface area is 155 Å². The number of carbonyl (C=O) groups excluding carboxylic acids is 4. The van der Waals surface area contributed by atoms with E-state index in [1.165, 1.54) is 35.4 Å². The Morgan fingerprint density at radius 2 is 1.67 bits per heavy atom. The molecule has 0 unspecified atom stereocenters. The second-order valence-corrected chi connectivity index (χ2v) is 6.32. The molecule has 2 aromatic rings. The van der Waals surface area contributed by atoms with Crippen molar-refractivity contribution in [2.24, 2.45) is 0 Å². The van der Waals surface area contributed by atoms with E-state index in [0.717, 1.165) is 0 Å². The number of nitrogens with zero attached hydrogens (tertiary/aromatic N) is 1. The van der Waals surface area contributed by atoms with E-state index in [9.17, 15) is 19.2 Å². The standard InChI is InChI=1S/C19H19N3O5/c1-11(2)22-18(25)13-6-5-12(10-14(13)19(22)26)16(23)20-7-8-21-17(24)15-4-3-9-27-15/h3-6,9-11H,7-8H2,1-2H3,(H,20,23)(H,21,24). The third-order valence-electron chi connectivity index (χ3n) is 4.14. The van der Waals surface area contributed by atoms with Crippen molar-refractivity contribution >= 4 is 23.6 Å². The van der Waals surface area contributed by atoms with Gasteiger partial charge in [0.2, 0.25) is 0 Å². The van der Waals surface area contributed by atoms with Gasteiger partial charge in [-0.15, -0.1) is 0 Å². The average Bonchev–Trinajstić information content (AvgIpc) is 3.26. The maximum Gasteiger partial charge on any atom is 0.287 e. The maximum atomic E-state index is 12.4. The largest absolute Gasteiger partial charge is 0.459 e. The Morgan fingerprint density at radius 1 is 1.00 bits per heavy atom. The molecule has 0 atom stereocenters. The van der Waals surface area contributed by atoms with Crippen molar-refractivity contribution in [3.8, 4) is 0 Å². The second kappa shape index (κ2) is 7.45. The van der Waals surface area contributed by atoms with Crippen LogP contribution in [0.15, 0.2) is 41.0 Å². The van der Waals surface area contributed by atoms with E-state index >= 15 is 0 Å². The van der Waals surface area contributed by atoms with Gasteiger partial charge < -0.3 is 15.1 Å². The third kappa shape index (κ3) is 3.59. The summed E-state index contributed by atoms with van der Waals surface area (Å²) in [6.07, 6.45) is 1.40. The fourth-order valence-electron chi connectivity index (χ4n) is 2.82. The molecule has 0 spiro atoms. The third-order valence-corrected chi connectivity index (χ3v) is 4.14. The Balaban J connectivity index is 1.58. The van der Waals surface area contributed by atoms with Crippen molar-refractivity contribution < 1.29 is 23.6 Å². The molecule has 8 nitrogen and oxygen atoms in total. The number of nitrogens with one attached hydrogen (secondary N) is 2. The van der Waals surface area contributed by atoms with Crippen LogP contribution in [-0.4, -0.2) is 47.7 Å². The van der Waals surface area contributed by atoms with Gasteiger partial charge in [0.1, 0.15) is 0 Å². The van der Waals surface area contributed by atoms with Crippen LogP contribution in [0.3, 0.4) is 0 Å². The van der Waals surface area contributed by atoms with Crippen molar-refractivity contribution in [1.29, 1.82) is 0 Å². The van der Waals surface area contributed by atoms with Gasteiger partial charge in [-0.3, -0.25) is 24.1 Å². The van der Waals surface area contributed by atoms with Gasteiger partial charge in [-0.2, -0.15) is 0 Å². The summed E-state index contributed by atoms with van der Waals surface area (Å²) in [7, 11) is 0. The van der Waals surface area contributed by atoms with Gasteiger partial charge in [0, 0.05) is 24.7 Å². The molecular weight excluding hydrogens is 350 g/mol. The van der Waals surface area contributed by atoms with Gasteiger partial charge >= 0.3 is 0 Å². The van der Waals surface area contributed by atoms with Crippen LogP contribution in [0.2, 0.25) is 0 Å². The normalized spacial score (nSPS) is 13.1. The van der Waals surface area contributed by atoms with Crippen LogP contribution < -0.4 is 10.6 Å². The van der Waals surface area contributed by atoms with E-state index in [1.807, 2.05) is 0 Å². The predicted molar refractivity (Wildman–Crippen MR) is 95.5 cm³/mol. The highest BCUT2D eigenvalue weighted by Crippen LogP contribution is 2.25. The lowest BCUT2D eigenvalue weighted by molar-refractivity contribution is 0.0608. The first kappa shape index (κ1) is 18.4. The monoisotopic (exact) mass is 369 g/mol. The van der Waals surface area contributed by atoms with E-state index in [4.69, 9.17) is 4.42 Å². The number of hydrogen-bond acceptors (Lipinski definition) is 5. The van der Waals surface area contributed by atoms with Crippen LogP contribution in [-0.2, 0) is 0 Å². The highest BCUT2D eigenvalue weighted by Gasteiger charge is 2.37. The minimum absolute atomic E-state index is 0.192. The molecular formula is C19H19N3O5. The highest BCUT2D eigenvalue weighted by molar-refractivity contribution is 6.22. The predicted octanol–water partition coefficient (Wildman–Crippen LogP) is 1.44. The molecule has 2 N–H and O–H groups in total. The molecule has 1 aliphatic rings. The molecule has 1 aliphatic heterocycles. The summed E-state index contributed by atoms with van der Waals surface area (Å²) >= 11 is 0. The summed E-state index contributed by atoms with van der Waals surface area (Å²) in [5.74, 6) is -1.32. The molecule has 0 saturated heterocycles. The first-order valence-corrected chi connectivity index (χ1v) is 8.52. The van der Waals surface area contributed by atoms with Crippen molar-refractivity contribution in [3.05, 3.63) is 59.0 Å². The van der Waals surface area contributed by atoms with E-state index < -0.39 is 11.8 Å². The molecule has 2 heterocycles. The number of benzene rings is 1. The van der Waals surface area contributed by atoms with E-state index in [2.05, 4.69) is 10.6 Å². The molecule has 0 saturated carbocycles. The quantitative estimate of drug-likeness (QED) is 0.592. The summed E-state index contributed by atoms with van der Waals surface area (Å²) in [5, 5.41) is 5.27. The Morgan fingerprint density at radius 3 is 2.30 bits per heavy atom. The van der Waals surface area contributed by atoms with Gasteiger partial charge in [0.15, 0.2) is 5.76 Å². The Bertz CT molecular complexity index is 902. The molecule has 0 bridgehead atoms. The van der Waals surface area contributed by atoms with Gasteiger partial charge in [0.25, 0.3) is 23.6 Å². The summed E-state index contributed by atoms with van der Waals surface area (Å²) in [4.78, 5) is 49.8. The summed E-state index contributed by atoms with van der Waals surface area (Å²) in [5.41, 5.74) is 0.807. The zero-order valence-corrected chi connectivity index (χ0v) is 14.9. The van der Waals surface area contributed by atoms with Gasteiger partial charge in [-0.1, -0.05) is 0 Å². The van der Waals surface area contributed by atoms with Crippen molar-refractivity contribution in [3.63, 3.8) is 0 Å².